The molecule has 1 unspecified atom stereocenters. The topological polar surface area (TPSA) is 45.2 Å². The van der Waals surface area contributed by atoms with E-state index < -0.39 is 35.2 Å². The van der Waals surface area contributed by atoms with Gasteiger partial charge in [-0.2, -0.15) is 13.2 Å². The molecule has 2 aromatic rings. The maximum absolute atomic E-state index is 13.7. The van der Waals surface area contributed by atoms with E-state index in [2.05, 4.69) is 10.3 Å². The van der Waals surface area contributed by atoms with Crippen LogP contribution < -0.4 is 5.32 Å². The molecule has 168 valence electrons. The highest BCUT2D eigenvalue weighted by Crippen LogP contribution is 2.38. The van der Waals surface area contributed by atoms with E-state index in [4.69, 9.17) is 0 Å². The molecule has 1 amide bonds. The van der Waals surface area contributed by atoms with Crippen molar-refractivity contribution in [1.29, 1.82) is 0 Å². The predicted octanol–water partition coefficient (Wildman–Crippen LogP) is 5.05. The van der Waals surface area contributed by atoms with E-state index in [9.17, 15) is 26.7 Å². The van der Waals surface area contributed by atoms with E-state index in [1.54, 1.807) is 20.8 Å². The third-order valence-electron chi connectivity index (χ3n) is 5.27. The first-order chi connectivity index (χ1) is 14.3. The molecule has 1 heterocycles. The van der Waals surface area contributed by atoms with Gasteiger partial charge in [0.1, 0.15) is 0 Å². The van der Waals surface area contributed by atoms with Gasteiger partial charge in [-0.3, -0.25) is 9.78 Å². The second-order valence-corrected chi connectivity index (χ2v) is 8.87. The van der Waals surface area contributed by atoms with Crippen LogP contribution in [-0.2, 0) is 17.6 Å². The molecule has 1 aromatic carbocycles. The zero-order valence-corrected chi connectivity index (χ0v) is 17.6. The Labute approximate surface area is 177 Å². The van der Waals surface area contributed by atoms with Gasteiger partial charge in [-0.15, -0.1) is 0 Å². The minimum atomic E-state index is -4.70. The Morgan fingerprint density at radius 2 is 1.65 bits per heavy atom. The maximum atomic E-state index is 13.7. The summed E-state index contributed by atoms with van der Waals surface area (Å²) in [5.41, 5.74) is 0.599. The first-order valence-corrected chi connectivity index (χ1v) is 9.80. The predicted molar refractivity (Wildman–Crippen MR) is 106 cm³/mol. The number of pyridine rings is 1. The van der Waals surface area contributed by atoms with E-state index in [1.807, 2.05) is 0 Å². The van der Waals surface area contributed by atoms with Crippen LogP contribution in [0.2, 0.25) is 0 Å². The summed E-state index contributed by atoms with van der Waals surface area (Å²) in [5, 5.41) is 3.14. The van der Waals surface area contributed by atoms with E-state index in [0.29, 0.717) is 34.6 Å². The van der Waals surface area contributed by atoms with Gasteiger partial charge in [0.15, 0.2) is 17.7 Å². The van der Waals surface area contributed by atoms with E-state index in [0.717, 1.165) is 7.05 Å². The van der Waals surface area contributed by atoms with Crippen molar-refractivity contribution in [3.05, 3.63) is 58.9 Å². The Bertz CT molecular complexity index is 936. The number of hydrogen-bond donors (Lipinski definition) is 1. The average molecular weight is 441 g/mol. The third kappa shape index (κ3) is 4.97. The second kappa shape index (κ2) is 8.09. The lowest BCUT2D eigenvalue weighted by Gasteiger charge is -2.33. The van der Waals surface area contributed by atoms with Crippen molar-refractivity contribution in [2.45, 2.75) is 51.9 Å². The van der Waals surface area contributed by atoms with Crippen LogP contribution in [0.3, 0.4) is 0 Å². The van der Waals surface area contributed by atoms with E-state index in [-0.39, 0.29) is 11.7 Å². The number of nitrogens with one attached hydrogen (secondary N) is 1. The SMILES string of the molecule is CN(C(=O)C(C)(C)C)C(c1ccc(NC2Cc3cc(F)c(F)cc3C2)cn1)C(F)(F)F. The fourth-order valence-electron chi connectivity index (χ4n) is 3.83. The molecule has 0 saturated carbocycles. The molecule has 9 heteroatoms. The van der Waals surface area contributed by atoms with Gasteiger partial charge in [0.2, 0.25) is 5.91 Å². The van der Waals surface area contributed by atoms with Gasteiger partial charge in [0.25, 0.3) is 0 Å². The van der Waals surface area contributed by atoms with Crippen molar-refractivity contribution in [2.75, 3.05) is 12.4 Å². The number of rotatable bonds is 4. The molecule has 31 heavy (non-hydrogen) atoms. The third-order valence-corrected chi connectivity index (χ3v) is 5.27. The fraction of sp³-hybridized carbons (Fsp3) is 0.455. The Balaban J connectivity index is 1.76. The number of amides is 1. The highest BCUT2D eigenvalue weighted by Gasteiger charge is 2.47. The molecule has 3 rings (SSSR count). The van der Waals surface area contributed by atoms with Crippen molar-refractivity contribution in [3.63, 3.8) is 0 Å². The average Bonchev–Trinajstić information content (AvgIpc) is 3.02. The lowest BCUT2D eigenvalue weighted by molar-refractivity contribution is -0.192. The largest absolute Gasteiger partial charge is 0.414 e. The van der Waals surface area contributed by atoms with Crippen LogP contribution in [0, 0.1) is 17.0 Å². The Kier molecular flexibility index (Phi) is 5.99. The van der Waals surface area contributed by atoms with Crippen LogP contribution >= 0.6 is 0 Å². The Morgan fingerprint density at radius 1 is 1.10 bits per heavy atom. The van der Waals surface area contributed by atoms with Gasteiger partial charge in [0.05, 0.1) is 17.6 Å². The molecule has 4 nitrogen and oxygen atoms in total. The molecule has 0 bridgehead atoms. The zero-order valence-electron chi connectivity index (χ0n) is 17.6. The molecule has 1 aromatic heterocycles. The van der Waals surface area contributed by atoms with Crippen molar-refractivity contribution >= 4 is 11.6 Å². The van der Waals surface area contributed by atoms with Gasteiger partial charge in [-0.05, 0) is 48.2 Å². The number of carbonyl (C=O) groups excluding carboxylic acids is 1. The zero-order chi connectivity index (χ0) is 23.1. The molecule has 1 atom stereocenters. The summed E-state index contributed by atoms with van der Waals surface area (Å²) in [6.07, 6.45) is -2.50. The first kappa shape index (κ1) is 23.0. The van der Waals surface area contributed by atoms with Gasteiger partial charge < -0.3 is 10.2 Å². The number of carbonyl (C=O) groups is 1. The standard InChI is InChI=1S/C22H24F5N3O/c1-21(2,3)20(31)30(4)19(22(25,26)27)18-6-5-14(11-28-18)29-15-7-12-9-16(23)17(24)10-13(12)8-15/h5-6,9-11,15,19,29H,7-8H2,1-4H3. The van der Waals surface area contributed by atoms with Gasteiger partial charge >= 0.3 is 6.18 Å². The van der Waals surface area contributed by atoms with Crippen LogP contribution in [0.25, 0.3) is 0 Å². The molecule has 1 aliphatic rings. The quantitative estimate of drug-likeness (QED) is 0.676. The summed E-state index contributed by atoms with van der Waals surface area (Å²) in [5.74, 6) is -2.46. The van der Waals surface area contributed by atoms with Crippen LogP contribution in [0.1, 0.15) is 43.6 Å². The van der Waals surface area contributed by atoms with Gasteiger partial charge in [0, 0.05) is 18.5 Å². The molecular weight excluding hydrogens is 417 g/mol. The smallest absolute Gasteiger partial charge is 0.380 e. The highest BCUT2D eigenvalue weighted by atomic mass is 19.4. The second-order valence-electron chi connectivity index (χ2n) is 8.87. The van der Waals surface area contributed by atoms with Crippen molar-refractivity contribution in [1.82, 2.24) is 9.88 Å². The minimum absolute atomic E-state index is 0.160. The monoisotopic (exact) mass is 441 g/mol. The summed E-state index contributed by atoms with van der Waals surface area (Å²) in [6, 6.07) is 2.70. The number of alkyl halides is 3. The van der Waals surface area contributed by atoms with Gasteiger partial charge in [-0.1, -0.05) is 20.8 Å². The summed E-state index contributed by atoms with van der Waals surface area (Å²) >= 11 is 0. The van der Waals surface area contributed by atoms with Crippen molar-refractivity contribution < 1.29 is 26.7 Å². The van der Waals surface area contributed by atoms with E-state index in [1.165, 1.54) is 30.5 Å². The molecule has 0 spiro atoms. The molecule has 0 saturated heterocycles. The number of fused-ring (bicyclic) bond motifs is 1. The molecule has 0 aliphatic heterocycles. The van der Waals surface area contributed by atoms with Gasteiger partial charge in [-0.25, -0.2) is 8.78 Å². The first-order valence-electron chi connectivity index (χ1n) is 9.80. The fourth-order valence-corrected chi connectivity index (χ4v) is 3.83. The number of halogens is 5. The summed E-state index contributed by atoms with van der Waals surface area (Å²) in [7, 11) is 1.12. The number of hydrogen-bond acceptors (Lipinski definition) is 3. The normalized spacial score (nSPS) is 15.5. The molecular formula is C22H24F5N3O. The van der Waals surface area contributed by atoms with Crippen LogP contribution in [0.15, 0.2) is 30.5 Å². The number of aromatic nitrogens is 1. The summed E-state index contributed by atoms with van der Waals surface area (Å²) in [4.78, 5) is 17.0. The number of anilines is 1. The van der Waals surface area contributed by atoms with E-state index >= 15 is 0 Å². The number of nitrogens with zero attached hydrogens (tertiary/aromatic N) is 2. The minimum Gasteiger partial charge on any atom is -0.380 e. The summed E-state index contributed by atoms with van der Waals surface area (Å²) in [6.45, 7) is 4.66. The maximum Gasteiger partial charge on any atom is 0.414 e. The summed E-state index contributed by atoms with van der Waals surface area (Å²) < 4.78 is 68.0. The van der Waals surface area contributed by atoms with Crippen molar-refractivity contribution in [2.24, 2.45) is 5.41 Å². The Hall–Kier alpha value is -2.71. The molecule has 0 radical (unpaired) electrons. The highest BCUT2D eigenvalue weighted by molar-refractivity contribution is 5.81. The lowest BCUT2D eigenvalue weighted by Crippen LogP contribution is -2.44. The molecule has 1 aliphatic carbocycles. The Morgan fingerprint density at radius 3 is 2.06 bits per heavy atom. The van der Waals surface area contributed by atoms with Crippen LogP contribution in [0.5, 0.6) is 0 Å². The van der Waals surface area contributed by atoms with Crippen LogP contribution in [0.4, 0.5) is 27.6 Å². The van der Waals surface area contributed by atoms with Crippen molar-refractivity contribution in [3.8, 4) is 0 Å². The molecule has 1 N–H and O–H groups in total. The number of benzene rings is 1. The lowest BCUT2D eigenvalue weighted by atomic mass is 9.93. The van der Waals surface area contributed by atoms with Crippen LogP contribution in [-0.4, -0.2) is 35.1 Å². The molecule has 0 fully saturated rings.